The summed E-state index contributed by atoms with van der Waals surface area (Å²) in [6.07, 6.45) is 3.51. The minimum absolute atomic E-state index is 0.0535. The van der Waals surface area contributed by atoms with E-state index in [4.69, 9.17) is 9.47 Å². The molecule has 0 aliphatic carbocycles. The Morgan fingerprint density at radius 3 is 2.76 bits per heavy atom. The maximum absolute atomic E-state index is 13.1. The Kier molecular flexibility index (Phi) is 3.72. The molecule has 2 fully saturated rings. The van der Waals surface area contributed by atoms with E-state index in [1.165, 1.54) is 0 Å². The summed E-state index contributed by atoms with van der Waals surface area (Å²) >= 11 is 0. The van der Waals surface area contributed by atoms with E-state index in [-0.39, 0.29) is 23.9 Å². The van der Waals surface area contributed by atoms with Gasteiger partial charge in [0.1, 0.15) is 11.5 Å². The lowest BCUT2D eigenvalue weighted by Gasteiger charge is -2.23. The summed E-state index contributed by atoms with van der Waals surface area (Å²) in [6.45, 7) is 6.80. The molecule has 2 bridgehead atoms. The first-order valence-electron chi connectivity index (χ1n) is 8.83. The normalized spacial score (nSPS) is 32.6. The van der Waals surface area contributed by atoms with Crippen LogP contribution in [-0.4, -0.2) is 36.7 Å². The van der Waals surface area contributed by atoms with Crippen molar-refractivity contribution in [3.05, 3.63) is 42.0 Å². The van der Waals surface area contributed by atoms with E-state index in [1.54, 1.807) is 4.90 Å². The van der Waals surface area contributed by atoms with Gasteiger partial charge in [-0.2, -0.15) is 0 Å². The average molecular weight is 341 g/mol. The summed E-state index contributed by atoms with van der Waals surface area (Å²) in [5.74, 6) is -1.16. The number of carbonyl (C=O) groups is 2. The Morgan fingerprint density at radius 1 is 1.36 bits per heavy atom. The molecule has 0 saturated carbocycles. The van der Waals surface area contributed by atoms with Crippen LogP contribution < -0.4 is 4.90 Å². The molecule has 5 heteroatoms. The zero-order valence-electron chi connectivity index (χ0n) is 14.8. The van der Waals surface area contributed by atoms with Crippen molar-refractivity contribution in [3.8, 4) is 0 Å². The molecule has 3 heterocycles. The highest BCUT2D eigenvalue weighted by Gasteiger charge is 2.67. The first-order chi connectivity index (χ1) is 11.9. The number of hydrogen-bond donors (Lipinski definition) is 0. The van der Waals surface area contributed by atoms with Gasteiger partial charge in [0.15, 0.2) is 0 Å². The number of carbonyl (C=O) groups excluding carboxylic acids is 2. The number of esters is 1. The van der Waals surface area contributed by atoms with Gasteiger partial charge < -0.3 is 14.4 Å². The molecule has 5 nitrogen and oxygen atoms in total. The van der Waals surface area contributed by atoms with Crippen LogP contribution >= 0.6 is 0 Å². The highest BCUT2D eigenvalue weighted by atomic mass is 16.6. The number of nitrogens with zero attached hydrogens (tertiary/aromatic N) is 1. The number of benzene rings is 1. The maximum atomic E-state index is 13.1. The molecule has 1 aromatic rings. The van der Waals surface area contributed by atoms with Gasteiger partial charge >= 0.3 is 5.97 Å². The molecule has 2 saturated heterocycles. The third-order valence-electron chi connectivity index (χ3n) is 5.28. The molecule has 132 valence electrons. The fourth-order valence-corrected chi connectivity index (χ4v) is 4.06. The van der Waals surface area contributed by atoms with Crippen LogP contribution in [0, 0.1) is 24.7 Å². The highest BCUT2D eigenvalue weighted by Crippen LogP contribution is 2.52. The highest BCUT2D eigenvalue weighted by molar-refractivity contribution is 6.02. The smallest absolute Gasteiger partial charge is 0.312 e. The van der Waals surface area contributed by atoms with Crippen LogP contribution in [0.4, 0.5) is 5.69 Å². The Bertz CT molecular complexity index is 739. The number of fused-ring (bicyclic) bond motifs is 1. The Balaban J connectivity index is 1.61. The lowest BCUT2D eigenvalue weighted by Crippen LogP contribution is -2.40. The minimum atomic E-state index is -0.700. The second kappa shape index (κ2) is 5.70. The Hall–Kier alpha value is -2.14. The number of amides is 1. The minimum Gasteiger partial charge on any atom is -0.465 e. The zero-order valence-corrected chi connectivity index (χ0v) is 14.8. The molecule has 3 aliphatic rings. The SMILES string of the molecule is Cc1ccc(N2C[C@@]34C=C[C@H](O3)[C@H](C(=O)OCC(C)C)[C@H]4C2=O)cc1. The van der Waals surface area contributed by atoms with E-state index in [0.29, 0.717) is 13.2 Å². The van der Waals surface area contributed by atoms with Crippen molar-refractivity contribution in [2.75, 3.05) is 18.1 Å². The number of hydrogen-bond acceptors (Lipinski definition) is 4. The topological polar surface area (TPSA) is 55.8 Å². The van der Waals surface area contributed by atoms with Gasteiger partial charge in [0.25, 0.3) is 0 Å². The predicted octanol–water partition coefficient (Wildman–Crippen LogP) is 2.48. The number of rotatable bonds is 4. The molecule has 1 aromatic carbocycles. The summed E-state index contributed by atoms with van der Waals surface area (Å²) in [6, 6.07) is 7.84. The van der Waals surface area contributed by atoms with Crippen LogP contribution in [0.2, 0.25) is 0 Å². The third-order valence-corrected chi connectivity index (χ3v) is 5.28. The summed E-state index contributed by atoms with van der Waals surface area (Å²) < 4.78 is 11.5. The average Bonchev–Trinajstić information content (AvgIpc) is 3.22. The summed E-state index contributed by atoms with van der Waals surface area (Å²) in [4.78, 5) is 27.5. The molecule has 1 amide bonds. The van der Waals surface area contributed by atoms with Crippen LogP contribution in [0.25, 0.3) is 0 Å². The molecule has 25 heavy (non-hydrogen) atoms. The monoisotopic (exact) mass is 341 g/mol. The van der Waals surface area contributed by atoms with E-state index in [9.17, 15) is 9.59 Å². The first kappa shape index (κ1) is 16.3. The van der Waals surface area contributed by atoms with Gasteiger partial charge in [-0.05, 0) is 25.0 Å². The predicted molar refractivity (Wildman–Crippen MR) is 93.1 cm³/mol. The van der Waals surface area contributed by atoms with Gasteiger partial charge in [0.2, 0.25) is 5.91 Å². The lowest BCUT2D eigenvalue weighted by atomic mass is 9.77. The Labute approximate surface area is 147 Å². The van der Waals surface area contributed by atoms with Crippen molar-refractivity contribution in [2.24, 2.45) is 17.8 Å². The molecule has 1 spiro atoms. The molecule has 0 unspecified atom stereocenters. The molecule has 4 atom stereocenters. The van der Waals surface area contributed by atoms with Gasteiger partial charge in [-0.15, -0.1) is 0 Å². The van der Waals surface area contributed by atoms with Crippen molar-refractivity contribution in [2.45, 2.75) is 32.5 Å². The van der Waals surface area contributed by atoms with Gasteiger partial charge in [0, 0.05) is 5.69 Å². The van der Waals surface area contributed by atoms with E-state index >= 15 is 0 Å². The van der Waals surface area contributed by atoms with Crippen molar-refractivity contribution < 1.29 is 19.1 Å². The fraction of sp³-hybridized carbons (Fsp3) is 0.500. The van der Waals surface area contributed by atoms with E-state index < -0.39 is 17.4 Å². The molecular formula is C20H23NO4. The number of aryl methyl sites for hydroxylation is 1. The van der Waals surface area contributed by atoms with Crippen molar-refractivity contribution >= 4 is 17.6 Å². The van der Waals surface area contributed by atoms with Crippen molar-refractivity contribution in [3.63, 3.8) is 0 Å². The van der Waals surface area contributed by atoms with Crippen LogP contribution in [0.5, 0.6) is 0 Å². The van der Waals surface area contributed by atoms with E-state index in [2.05, 4.69) is 0 Å². The number of ether oxygens (including phenoxy) is 2. The van der Waals surface area contributed by atoms with E-state index in [1.807, 2.05) is 57.2 Å². The standard InChI is InChI=1S/C20H23NO4/c1-12(2)10-24-19(23)16-15-8-9-20(25-15)11-21(18(22)17(16)20)14-6-4-13(3)5-7-14/h4-9,12,15-17H,10-11H2,1-3H3/t15-,16-,17-,20+/m0/s1. The molecule has 0 radical (unpaired) electrons. The van der Waals surface area contributed by atoms with Gasteiger partial charge in [-0.3, -0.25) is 9.59 Å². The summed E-state index contributed by atoms with van der Waals surface area (Å²) in [5.41, 5.74) is 1.28. The van der Waals surface area contributed by atoms with Crippen LogP contribution in [0.3, 0.4) is 0 Å². The van der Waals surface area contributed by atoms with Crippen LogP contribution in [0.15, 0.2) is 36.4 Å². The van der Waals surface area contributed by atoms with Crippen LogP contribution in [0.1, 0.15) is 19.4 Å². The quantitative estimate of drug-likeness (QED) is 0.624. The molecular weight excluding hydrogens is 318 g/mol. The van der Waals surface area contributed by atoms with E-state index in [0.717, 1.165) is 11.3 Å². The van der Waals surface area contributed by atoms with Gasteiger partial charge in [0.05, 0.1) is 25.2 Å². The largest absolute Gasteiger partial charge is 0.465 e. The number of anilines is 1. The lowest BCUT2D eigenvalue weighted by molar-refractivity contribution is -0.153. The second-order valence-corrected chi connectivity index (χ2v) is 7.68. The zero-order chi connectivity index (χ0) is 17.8. The Morgan fingerprint density at radius 2 is 2.08 bits per heavy atom. The summed E-state index contributed by atoms with van der Waals surface area (Å²) in [5, 5.41) is 0. The maximum Gasteiger partial charge on any atom is 0.312 e. The van der Waals surface area contributed by atoms with Crippen LogP contribution in [-0.2, 0) is 19.1 Å². The first-order valence-corrected chi connectivity index (χ1v) is 8.83. The summed E-state index contributed by atoms with van der Waals surface area (Å²) in [7, 11) is 0. The molecule has 0 N–H and O–H groups in total. The molecule has 0 aromatic heterocycles. The van der Waals surface area contributed by atoms with Gasteiger partial charge in [-0.1, -0.05) is 43.7 Å². The third kappa shape index (κ3) is 2.49. The molecule has 3 aliphatic heterocycles. The fourth-order valence-electron chi connectivity index (χ4n) is 4.06. The van der Waals surface area contributed by atoms with Crippen molar-refractivity contribution in [1.82, 2.24) is 0 Å². The second-order valence-electron chi connectivity index (χ2n) is 7.68. The molecule has 4 rings (SSSR count). The van der Waals surface area contributed by atoms with Crippen molar-refractivity contribution in [1.29, 1.82) is 0 Å². The van der Waals surface area contributed by atoms with Gasteiger partial charge in [-0.25, -0.2) is 0 Å².